The molecular weight excluding hydrogens is 303 g/mol. The molecule has 1 atom stereocenters. The van der Waals surface area contributed by atoms with E-state index < -0.39 is 12.7 Å². The van der Waals surface area contributed by atoms with E-state index in [4.69, 9.17) is 9.47 Å². The van der Waals surface area contributed by atoms with Crippen LogP contribution in [0.25, 0.3) is 0 Å². The molecule has 0 fully saturated rings. The van der Waals surface area contributed by atoms with Gasteiger partial charge in [-0.15, -0.1) is 11.8 Å². The second-order valence-electron chi connectivity index (χ2n) is 4.83. The number of rotatable bonds is 5. The third-order valence-corrected chi connectivity index (χ3v) is 3.91. The zero-order valence-electron chi connectivity index (χ0n) is 11.7. The Kier molecular flexibility index (Phi) is 5.64. The minimum atomic E-state index is -4.17. The van der Waals surface area contributed by atoms with Gasteiger partial charge >= 0.3 is 6.18 Å². The molecule has 0 saturated heterocycles. The van der Waals surface area contributed by atoms with E-state index in [1.54, 1.807) is 0 Å². The lowest BCUT2D eigenvalue weighted by Crippen LogP contribution is -2.32. The molecule has 21 heavy (non-hydrogen) atoms. The van der Waals surface area contributed by atoms with Crippen LogP contribution < -0.4 is 14.8 Å². The fraction of sp³-hybridized carbons (Fsp3) is 0.571. The van der Waals surface area contributed by atoms with Crippen molar-refractivity contribution < 1.29 is 22.6 Å². The number of alkyl halides is 3. The van der Waals surface area contributed by atoms with Gasteiger partial charge in [0.05, 0.1) is 19.8 Å². The highest BCUT2D eigenvalue weighted by atomic mass is 32.2. The first kappa shape index (κ1) is 16.3. The minimum absolute atomic E-state index is 0.0251. The van der Waals surface area contributed by atoms with E-state index in [2.05, 4.69) is 5.32 Å². The van der Waals surface area contributed by atoms with E-state index in [9.17, 15) is 13.2 Å². The van der Waals surface area contributed by atoms with Crippen LogP contribution in [-0.4, -0.2) is 37.7 Å². The molecule has 3 nitrogen and oxygen atoms in total. The maximum Gasteiger partial charge on any atom is 0.401 e. The largest absolute Gasteiger partial charge is 0.490 e. The Hall–Kier alpha value is -1.08. The number of hydrogen-bond acceptors (Lipinski definition) is 4. The number of fused-ring (bicyclic) bond motifs is 1. The Morgan fingerprint density at radius 3 is 2.67 bits per heavy atom. The first-order valence-electron chi connectivity index (χ1n) is 6.78. The van der Waals surface area contributed by atoms with Gasteiger partial charge < -0.3 is 14.8 Å². The maximum atomic E-state index is 12.1. The minimum Gasteiger partial charge on any atom is -0.490 e. The summed E-state index contributed by atoms with van der Waals surface area (Å²) in [6.07, 6.45) is -3.32. The molecule has 1 heterocycles. The molecule has 1 aliphatic heterocycles. The van der Waals surface area contributed by atoms with Crippen LogP contribution in [0.15, 0.2) is 23.1 Å². The van der Waals surface area contributed by atoms with Gasteiger partial charge in [-0.05, 0) is 18.2 Å². The van der Waals surface area contributed by atoms with Crippen molar-refractivity contribution in [3.8, 4) is 11.5 Å². The second-order valence-corrected chi connectivity index (χ2v) is 6.35. The van der Waals surface area contributed by atoms with Gasteiger partial charge in [0.2, 0.25) is 0 Å². The van der Waals surface area contributed by atoms with Gasteiger partial charge in [0.1, 0.15) is 0 Å². The maximum absolute atomic E-state index is 12.1. The highest BCUT2D eigenvalue weighted by molar-refractivity contribution is 8.00. The van der Waals surface area contributed by atoms with Gasteiger partial charge in [0.25, 0.3) is 0 Å². The molecule has 1 unspecified atom stereocenters. The van der Waals surface area contributed by atoms with E-state index in [1.165, 1.54) is 11.8 Å². The van der Waals surface area contributed by atoms with Crippen molar-refractivity contribution in [1.29, 1.82) is 0 Å². The predicted molar refractivity (Wildman–Crippen MR) is 76.3 cm³/mol. The van der Waals surface area contributed by atoms with Gasteiger partial charge in [-0.3, -0.25) is 0 Å². The van der Waals surface area contributed by atoms with E-state index in [1.807, 2.05) is 25.1 Å². The van der Waals surface area contributed by atoms with Crippen molar-refractivity contribution >= 4 is 11.8 Å². The van der Waals surface area contributed by atoms with E-state index in [0.29, 0.717) is 25.5 Å². The topological polar surface area (TPSA) is 30.5 Å². The van der Waals surface area contributed by atoms with E-state index in [0.717, 1.165) is 17.1 Å². The molecule has 0 radical (unpaired) electrons. The summed E-state index contributed by atoms with van der Waals surface area (Å²) in [5, 5.41) is 2.44. The lowest BCUT2D eigenvalue weighted by molar-refractivity contribution is -0.124. The third-order valence-electron chi connectivity index (χ3n) is 2.81. The lowest BCUT2D eigenvalue weighted by atomic mass is 10.3. The standard InChI is InChI=1S/C14H18F3NO2S/c1-10(8-18-9-14(15,16)17)21-11-3-4-12-13(7-11)20-6-2-5-19-12/h3-4,7,10,18H,2,5-6,8-9H2,1H3. The zero-order valence-corrected chi connectivity index (χ0v) is 12.5. The molecule has 0 aliphatic carbocycles. The van der Waals surface area contributed by atoms with Crippen LogP contribution in [-0.2, 0) is 0 Å². The quantitative estimate of drug-likeness (QED) is 0.841. The van der Waals surface area contributed by atoms with Crippen LogP contribution in [0.4, 0.5) is 13.2 Å². The number of hydrogen-bond donors (Lipinski definition) is 1. The van der Waals surface area contributed by atoms with Crippen LogP contribution in [0.1, 0.15) is 13.3 Å². The molecule has 1 aromatic carbocycles. The molecule has 1 aliphatic rings. The van der Waals surface area contributed by atoms with Crippen molar-refractivity contribution in [3.05, 3.63) is 18.2 Å². The number of ether oxygens (including phenoxy) is 2. The summed E-state index contributed by atoms with van der Waals surface area (Å²) in [6.45, 7) is 2.47. The van der Waals surface area contributed by atoms with Crippen LogP contribution in [0.3, 0.4) is 0 Å². The van der Waals surface area contributed by atoms with Crippen molar-refractivity contribution in [2.45, 2.75) is 29.7 Å². The molecule has 0 bridgehead atoms. The second kappa shape index (κ2) is 7.26. The summed E-state index contributed by atoms with van der Waals surface area (Å²) in [5.74, 6) is 1.42. The highest BCUT2D eigenvalue weighted by Crippen LogP contribution is 2.35. The van der Waals surface area contributed by atoms with Crippen molar-refractivity contribution in [1.82, 2.24) is 5.32 Å². The summed E-state index contributed by atoms with van der Waals surface area (Å²) >= 11 is 1.51. The molecule has 0 aromatic heterocycles. The summed E-state index contributed by atoms with van der Waals surface area (Å²) in [7, 11) is 0. The average Bonchev–Trinajstić information content (AvgIpc) is 2.61. The molecule has 0 amide bonds. The highest BCUT2D eigenvalue weighted by Gasteiger charge is 2.26. The molecule has 7 heteroatoms. The van der Waals surface area contributed by atoms with Gasteiger partial charge in [-0.25, -0.2) is 0 Å². The monoisotopic (exact) mass is 321 g/mol. The van der Waals surface area contributed by atoms with Crippen molar-refractivity contribution in [3.63, 3.8) is 0 Å². The first-order chi connectivity index (χ1) is 9.94. The molecule has 0 saturated carbocycles. The fourth-order valence-electron chi connectivity index (χ4n) is 1.91. The fourth-order valence-corrected chi connectivity index (χ4v) is 2.90. The van der Waals surface area contributed by atoms with Crippen molar-refractivity contribution in [2.75, 3.05) is 26.3 Å². The molecule has 2 rings (SSSR count). The summed E-state index contributed by atoms with van der Waals surface area (Å²) in [6, 6.07) is 5.63. The normalized spacial score (nSPS) is 16.4. The number of nitrogens with one attached hydrogen (secondary N) is 1. The number of benzene rings is 1. The zero-order chi connectivity index (χ0) is 15.3. The van der Waals surface area contributed by atoms with Gasteiger partial charge in [-0.2, -0.15) is 13.2 Å². The third kappa shape index (κ3) is 5.67. The Morgan fingerprint density at radius 1 is 1.24 bits per heavy atom. The van der Waals surface area contributed by atoms with Gasteiger partial charge in [0.15, 0.2) is 11.5 Å². The average molecular weight is 321 g/mol. The van der Waals surface area contributed by atoms with Crippen LogP contribution in [0, 0.1) is 0 Å². The Balaban J connectivity index is 1.86. The summed E-state index contributed by atoms with van der Waals surface area (Å²) in [5.41, 5.74) is 0. The Morgan fingerprint density at radius 2 is 1.95 bits per heavy atom. The smallest absolute Gasteiger partial charge is 0.401 e. The molecule has 1 aromatic rings. The SMILES string of the molecule is CC(CNCC(F)(F)F)Sc1ccc2c(c1)OCCCO2. The van der Waals surface area contributed by atoms with E-state index in [-0.39, 0.29) is 5.25 Å². The molecule has 0 spiro atoms. The van der Waals surface area contributed by atoms with Gasteiger partial charge in [-0.1, -0.05) is 6.92 Å². The van der Waals surface area contributed by atoms with E-state index >= 15 is 0 Å². The van der Waals surface area contributed by atoms with Crippen LogP contribution >= 0.6 is 11.8 Å². The van der Waals surface area contributed by atoms with Crippen molar-refractivity contribution in [2.24, 2.45) is 0 Å². The van der Waals surface area contributed by atoms with Crippen LogP contribution in [0.2, 0.25) is 0 Å². The Labute approximate surface area is 126 Å². The molecule has 1 N–H and O–H groups in total. The number of halogens is 3. The lowest BCUT2D eigenvalue weighted by Gasteiger charge is -2.15. The molecule has 118 valence electrons. The number of thioether (sulfide) groups is 1. The summed E-state index contributed by atoms with van der Waals surface area (Å²) < 4.78 is 47.3. The predicted octanol–water partition coefficient (Wildman–Crippen LogP) is 3.48. The summed E-state index contributed by atoms with van der Waals surface area (Å²) in [4.78, 5) is 0.959. The molecular formula is C14H18F3NO2S. The Bertz CT molecular complexity index is 468. The first-order valence-corrected chi connectivity index (χ1v) is 7.66. The van der Waals surface area contributed by atoms with Gasteiger partial charge in [0, 0.05) is 23.1 Å². The van der Waals surface area contributed by atoms with Crippen LogP contribution in [0.5, 0.6) is 11.5 Å².